The second-order valence-corrected chi connectivity index (χ2v) is 5.15. The molecule has 0 radical (unpaired) electrons. The normalized spacial score (nSPS) is 10.0. The van der Waals surface area contributed by atoms with E-state index in [9.17, 15) is 4.79 Å². The zero-order chi connectivity index (χ0) is 13.7. The molecule has 0 saturated carbocycles. The number of carbonyl (C=O) groups is 1. The van der Waals surface area contributed by atoms with Crippen molar-refractivity contribution in [2.24, 2.45) is 0 Å². The first kappa shape index (κ1) is 13.8. The lowest BCUT2D eigenvalue weighted by atomic mass is 10.2. The molecule has 2 amide bonds. The third-order valence-electron chi connectivity index (χ3n) is 2.31. The summed E-state index contributed by atoms with van der Waals surface area (Å²) >= 11 is 9.09. The summed E-state index contributed by atoms with van der Waals surface area (Å²) in [6, 6.07) is 10.7. The topological polar surface area (TPSA) is 54.0 Å². The maximum atomic E-state index is 11.6. The van der Waals surface area contributed by atoms with Gasteiger partial charge in [-0.1, -0.05) is 39.7 Å². The van der Waals surface area contributed by atoms with Crippen LogP contribution in [0.3, 0.4) is 0 Å². The number of aromatic nitrogens is 1. The number of anilines is 1. The lowest BCUT2D eigenvalue weighted by molar-refractivity contribution is 0.251. The van der Waals surface area contributed by atoms with Crippen molar-refractivity contribution >= 4 is 39.4 Å². The summed E-state index contributed by atoms with van der Waals surface area (Å²) < 4.78 is 0.978. The Balaban J connectivity index is 1.86. The van der Waals surface area contributed by atoms with Crippen LogP contribution in [0, 0.1) is 0 Å². The van der Waals surface area contributed by atoms with Gasteiger partial charge in [-0.2, -0.15) is 0 Å². The third kappa shape index (κ3) is 4.54. The number of hydrogen-bond donors (Lipinski definition) is 2. The highest BCUT2D eigenvalue weighted by Gasteiger charge is 2.02. The monoisotopic (exact) mass is 339 g/mol. The molecule has 0 unspecified atom stereocenters. The molecule has 0 spiro atoms. The minimum absolute atomic E-state index is 0.310. The van der Waals surface area contributed by atoms with Gasteiger partial charge in [0.05, 0.1) is 5.02 Å². The minimum Gasteiger partial charge on any atom is -0.334 e. The molecule has 0 fully saturated rings. The quantitative estimate of drug-likeness (QED) is 0.892. The highest BCUT2D eigenvalue weighted by atomic mass is 79.9. The molecule has 1 heterocycles. The van der Waals surface area contributed by atoms with Crippen molar-refractivity contribution in [3.63, 3.8) is 0 Å². The number of hydrogen-bond acceptors (Lipinski definition) is 2. The Bertz CT molecular complexity index is 574. The largest absolute Gasteiger partial charge is 0.334 e. The smallest absolute Gasteiger partial charge is 0.320 e. The summed E-state index contributed by atoms with van der Waals surface area (Å²) in [5.41, 5.74) is 1.01. The standard InChI is InChI=1S/C13H11BrClN3O/c14-10-3-1-2-9(6-10)7-17-13(19)18-12-5-4-11(15)8-16-12/h1-6,8H,7H2,(H2,16,17,18,19). The molecular weight excluding hydrogens is 330 g/mol. The molecular formula is C13H11BrClN3O. The molecule has 1 aromatic heterocycles. The van der Waals surface area contributed by atoms with E-state index in [1.807, 2.05) is 24.3 Å². The fourth-order valence-electron chi connectivity index (χ4n) is 1.44. The van der Waals surface area contributed by atoms with Crippen LogP contribution in [0.2, 0.25) is 5.02 Å². The van der Waals surface area contributed by atoms with Gasteiger partial charge in [-0.05, 0) is 29.8 Å². The first-order valence-corrected chi connectivity index (χ1v) is 6.71. The van der Waals surface area contributed by atoms with Crippen LogP contribution in [-0.4, -0.2) is 11.0 Å². The van der Waals surface area contributed by atoms with Gasteiger partial charge >= 0.3 is 6.03 Å². The van der Waals surface area contributed by atoms with Gasteiger partial charge in [0, 0.05) is 17.2 Å². The molecule has 6 heteroatoms. The Morgan fingerprint density at radius 1 is 1.32 bits per heavy atom. The Hall–Kier alpha value is -1.59. The summed E-state index contributed by atoms with van der Waals surface area (Å²) in [5.74, 6) is 0.455. The van der Waals surface area contributed by atoms with E-state index in [2.05, 4.69) is 31.5 Å². The van der Waals surface area contributed by atoms with Crippen LogP contribution in [0.1, 0.15) is 5.56 Å². The van der Waals surface area contributed by atoms with Crippen molar-refractivity contribution in [1.82, 2.24) is 10.3 Å². The third-order valence-corrected chi connectivity index (χ3v) is 3.03. The molecule has 0 saturated heterocycles. The molecule has 2 aromatic rings. The molecule has 98 valence electrons. The Morgan fingerprint density at radius 2 is 2.16 bits per heavy atom. The van der Waals surface area contributed by atoms with Crippen LogP contribution in [-0.2, 0) is 6.54 Å². The minimum atomic E-state index is -0.310. The Morgan fingerprint density at radius 3 is 2.84 bits per heavy atom. The predicted molar refractivity (Wildman–Crippen MR) is 79.2 cm³/mol. The summed E-state index contributed by atoms with van der Waals surface area (Å²) in [5, 5.41) is 5.90. The van der Waals surface area contributed by atoms with Gasteiger partial charge in [-0.25, -0.2) is 9.78 Å². The van der Waals surface area contributed by atoms with E-state index in [-0.39, 0.29) is 6.03 Å². The molecule has 0 aliphatic carbocycles. The number of halogens is 2. The van der Waals surface area contributed by atoms with Crippen LogP contribution < -0.4 is 10.6 Å². The van der Waals surface area contributed by atoms with Crippen molar-refractivity contribution in [2.45, 2.75) is 6.54 Å². The maximum absolute atomic E-state index is 11.6. The predicted octanol–water partition coefficient (Wildman–Crippen LogP) is 3.82. The van der Waals surface area contributed by atoms with E-state index >= 15 is 0 Å². The van der Waals surface area contributed by atoms with E-state index in [0.29, 0.717) is 17.4 Å². The Labute approximate surface area is 124 Å². The lowest BCUT2D eigenvalue weighted by Gasteiger charge is -2.07. The lowest BCUT2D eigenvalue weighted by Crippen LogP contribution is -2.28. The first-order valence-electron chi connectivity index (χ1n) is 5.54. The van der Waals surface area contributed by atoms with Crippen LogP contribution in [0.15, 0.2) is 47.1 Å². The van der Waals surface area contributed by atoms with Gasteiger partial charge in [-0.15, -0.1) is 0 Å². The number of carbonyl (C=O) groups excluding carboxylic acids is 1. The first-order chi connectivity index (χ1) is 9.13. The molecule has 0 aliphatic heterocycles. The van der Waals surface area contributed by atoms with Crippen molar-refractivity contribution in [3.05, 3.63) is 57.7 Å². The van der Waals surface area contributed by atoms with E-state index in [4.69, 9.17) is 11.6 Å². The van der Waals surface area contributed by atoms with E-state index in [1.165, 1.54) is 6.20 Å². The number of benzene rings is 1. The highest BCUT2D eigenvalue weighted by molar-refractivity contribution is 9.10. The molecule has 0 aliphatic rings. The van der Waals surface area contributed by atoms with Gasteiger partial charge in [0.1, 0.15) is 5.82 Å². The zero-order valence-electron chi connectivity index (χ0n) is 9.86. The molecule has 1 aromatic carbocycles. The van der Waals surface area contributed by atoms with E-state index in [1.54, 1.807) is 12.1 Å². The SMILES string of the molecule is O=C(NCc1cccc(Br)c1)Nc1ccc(Cl)cn1. The van der Waals surface area contributed by atoms with Gasteiger partial charge in [-0.3, -0.25) is 5.32 Å². The average molecular weight is 341 g/mol. The number of urea groups is 1. The van der Waals surface area contributed by atoms with Crippen LogP contribution >= 0.6 is 27.5 Å². The van der Waals surface area contributed by atoms with Crippen LogP contribution in [0.25, 0.3) is 0 Å². The van der Waals surface area contributed by atoms with E-state index in [0.717, 1.165) is 10.0 Å². The van der Waals surface area contributed by atoms with E-state index < -0.39 is 0 Å². The molecule has 2 N–H and O–H groups in total. The van der Waals surface area contributed by atoms with Crippen molar-refractivity contribution in [1.29, 1.82) is 0 Å². The van der Waals surface area contributed by atoms with Crippen molar-refractivity contribution in [2.75, 3.05) is 5.32 Å². The number of nitrogens with zero attached hydrogens (tertiary/aromatic N) is 1. The second-order valence-electron chi connectivity index (χ2n) is 3.80. The van der Waals surface area contributed by atoms with Gasteiger partial charge in [0.25, 0.3) is 0 Å². The zero-order valence-corrected chi connectivity index (χ0v) is 12.2. The molecule has 0 atom stereocenters. The Kier molecular flexibility index (Phi) is 4.76. The highest BCUT2D eigenvalue weighted by Crippen LogP contribution is 2.12. The average Bonchev–Trinajstić information content (AvgIpc) is 2.39. The molecule has 0 bridgehead atoms. The van der Waals surface area contributed by atoms with Gasteiger partial charge in [0.2, 0.25) is 0 Å². The number of nitrogens with one attached hydrogen (secondary N) is 2. The van der Waals surface area contributed by atoms with Crippen molar-refractivity contribution in [3.8, 4) is 0 Å². The second kappa shape index (κ2) is 6.54. The van der Waals surface area contributed by atoms with Crippen molar-refractivity contribution < 1.29 is 4.79 Å². The maximum Gasteiger partial charge on any atom is 0.320 e. The summed E-state index contributed by atoms with van der Waals surface area (Å²) in [6.07, 6.45) is 1.48. The number of pyridine rings is 1. The molecule has 4 nitrogen and oxygen atoms in total. The fourth-order valence-corrected chi connectivity index (χ4v) is 2.00. The summed E-state index contributed by atoms with van der Waals surface area (Å²) in [7, 11) is 0. The van der Waals surface area contributed by atoms with Crippen LogP contribution in [0.5, 0.6) is 0 Å². The van der Waals surface area contributed by atoms with Gasteiger partial charge in [0.15, 0.2) is 0 Å². The molecule has 19 heavy (non-hydrogen) atoms. The fraction of sp³-hybridized carbons (Fsp3) is 0.0769. The summed E-state index contributed by atoms with van der Waals surface area (Å²) in [4.78, 5) is 15.6. The number of rotatable bonds is 3. The van der Waals surface area contributed by atoms with Gasteiger partial charge < -0.3 is 5.32 Å². The van der Waals surface area contributed by atoms with Crippen LogP contribution in [0.4, 0.5) is 10.6 Å². The summed E-state index contributed by atoms with van der Waals surface area (Å²) in [6.45, 7) is 0.443. The number of amides is 2. The molecule has 2 rings (SSSR count).